The predicted molar refractivity (Wildman–Crippen MR) is 64.6 cm³/mol. The van der Waals surface area contributed by atoms with E-state index in [1.807, 2.05) is 14.7 Å². The largest absolute Gasteiger partial charge is 0.302 e. The normalized spacial score (nSPS) is 15.7. The van der Waals surface area contributed by atoms with Crippen LogP contribution >= 0.6 is 0 Å². The summed E-state index contributed by atoms with van der Waals surface area (Å²) in [7, 11) is 0. The Labute approximate surface area is 115 Å². The van der Waals surface area contributed by atoms with Crippen LogP contribution in [0.2, 0.25) is 0 Å². The molecule has 3 N–H and O–H groups in total. The minimum absolute atomic E-state index is 0.441. The maximum absolute atomic E-state index is 3.97. The molecule has 15 nitrogen and oxygen atoms in total. The summed E-state index contributed by atoms with van der Waals surface area (Å²) in [4.78, 5) is 5.54. The van der Waals surface area contributed by atoms with E-state index < -0.39 is 0 Å². The van der Waals surface area contributed by atoms with Crippen LogP contribution in [0.1, 0.15) is 0 Å². The first-order chi connectivity index (χ1) is 10.4. The lowest BCUT2D eigenvalue weighted by atomic mass is 10.5. The molecule has 0 aromatic carbocycles. The maximum atomic E-state index is 3.97. The third-order valence-corrected chi connectivity index (χ3v) is 2.88. The first-order valence-corrected chi connectivity index (χ1v) is 5.85. The molecule has 0 spiro atoms. The minimum atomic E-state index is 0.441. The first kappa shape index (κ1) is 11.4. The molecule has 1 fully saturated rings. The zero-order chi connectivity index (χ0) is 14.1. The molecule has 3 aromatic heterocycles. The number of anilines is 3. The average Bonchev–Trinajstić information content (AvgIpc) is 3.29. The molecule has 0 bridgehead atoms. The highest BCUT2D eigenvalue weighted by atomic mass is 15.6. The molecule has 108 valence electrons. The lowest BCUT2D eigenvalue weighted by Crippen LogP contribution is -2.56. The Morgan fingerprint density at radius 1 is 0.571 bits per heavy atom. The van der Waals surface area contributed by atoms with Crippen molar-refractivity contribution >= 4 is 17.8 Å². The average molecular weight is 291 g/mol. The molecule has 3 aromatic rings. The molecule has 1 saturated heterocycles. The highest BCUT2D eigenvalue weighted by molar-refractivity contribution is 5.43. The van der Waals surface area contributed by atoms with E-state index in [4.69, 9.17) is 0 Å². The van der Waals surface area contributed by atoms with Gasteiger partial charge in [-0.1, -0.05) is 15.3 Å². The number of rotatable bonds is 3. The van der Waals surface area contributed by atoms with Crippen LogP contribution in [-0.2, 0) is 0 Å². The van der Waals surface area contributed by atoms with E-state index in [1.54, 1.807) is 0 Å². The van der Waals surface area contributed by atoms with E-state index in [0.29, 0.717) is 37.9 Å². The van der Waals surface area contributed by atoms with Crippen LogP contribution in [0.4, 0.5) is 17.8 Å². The van der Waals surface area contributed by atoms with Crippen molar-refractivity contribution in [3.63, 3.8) is 0 Å². The summed E-state index contributed by atoms with van der Waals surface area (Å²) in [5, 5.41) is 41.7. The minimum Gasteiger partial charge on any atom is -0.302 e. The standard InChI is InChI=1S/C6H9N15/c1-19(4-7-13-14-8-4)2-21(6-11-17-18-12-6)3-20(1)5-9-15-16-10-5/h1-3H2,(H,7,8,13,14)(H,9,10,15,16)(H,11,12,17,18). The number of aromatic nitrogens is 12. The van der Waals surface area contributed by atoms with Gasteiger partial charge in [-0.15, -0.1) is 15.3 Å². The molecular weight excluding hydrogens is 282 g/mol. The Balaban J connectivity index is 1.64. The van der Waals surface area contributed by atoms with Gasteiger partial charge >= 0.3 is 0 Å². The summed E-state index contributed by atoms with van der Waals surface area (Å²) in [6.45, 7) is 1.40. The summed E-state index contributed by atoms with van der Waals surface area (Å²) < 4.78 is 0. The second-order valence-corrected chi connectivity index (χ2v) is 4.18. The van der Waals surface area contributed by atoms with Gasteiger partial charge in [0.15, 0.2) is 0 Å². The summed E-state index contributed by atoms with van der Waals surface area (Å²) in [5.41, 5.74) is 0. The highest BCUT2D eigenvalue weighted by Crippen LogP contribution is 2.18. The summed E-state index contributed by atoms with van der Waals surface area (Å²) in [5.74, 6) is 1.32. The fourth-order valence-electron chi connectivity index (χ4n) is 2.00. The van der Waals surface area contributed by atoms with E-state index in [-0.39, 0.29) is 0 Å². The molecule has 0 atom stereocenters. The smallest absolute Gasteiger partial charge is 0.268 e. The number of nitrogens with zero attached hydrogens (tertiary/aromatic N) is 12. The summed E-state index contributed by atoms with van der Waals surface area (Å²) in [6, 6.07) is 0. The second-order valence-electron chi connectivity index (χ2n) is 4.18. The van der Waals surface area contributed by atoms with E-state index in [9.17, 15) is 0 Å². The molecular formula is C6H9N15. The Kier molecular flexibility index (Phi) is 2.51. The zero-order valence-electron chi connectivity index (χ0n) is 10.5. The number of nitrogens with one attached hydrogen (secondary N) is 3. The molecule has 0 amide bonds. The van der Waals surface area contributed by atoms with E-state index in [0.717, 1.165) is 0 Å². The van der Waals surface area contributed by atoms with Crippen LogP contribution in [0, 0.1) is 0 Å². The lowest BCUT2D eigenvalue weighted by molar-refractivity contribution is 0.580. The van der Waals surface area contributed by atoms with Gasteiger partial charge in [0.05, 0.1) is 20.0 Å². The molecule has 1 aliphatic rings. The van der Waals surface area contributed by atoms with E-state index in [1.165, 1.54) is 0 Å². The van der Waals surface area contributed by atoms with E-state index in [2.05, 4.69) is 61.9 Å². The van der Waals surface area contributed by atoms with Crippen molar-refractivity contribution in [3.8, 4) is 0 Å². The molecule has 0 saturated carbocycles. The van der Waals surface area contributed by atoms with Crippen molar-refractivity contribution in [2.24, 2.45) is 0 Å². The molecule has 15 heteroatoms. The molecule has 0 aliphatic carbocycles. The lowest BCUT2D eigenvalue weighted by Gasteiger charge is -2.40. The molecule has 0 unspecified atom stereocenters. The van der Waals surface area contributed by atoms with Crippen molar-refractivity contribution in [2.75, 3.05) is 34.7 Å². The van der Waals surface area contributed by atoms with Crippen molar-refractivity contribution in [1.29, 1.82) is 0 Å². The van der Waals surface area contributed by atoms with Gasteiger partial charge in [0.2, 0.25) is 0 Å². The number of hydrogen-bond acceptors (Lipinski definition) is 12. The number of aromatic amines is 3. The molecule has 0 radical (unpaired) electrons. The fraction of sp³-hybridized carbons (Fsp3) is 0.500. The SMILES string of the molecule is C1N(c2nn[nH]n2)CN(c2nn[nH]n2)CN1c1nn[nH]n1. The van der Waals surface area contributed by atoms with Gasteiger partial charge in [0, 0.05) is 0 Å². The number of hydrogen-bond donors (Lipinski definition) is 3. The second kappa shape index (κ2) is 4.62. The van der Waals surface area contributed by atoms with Gasteiger partial charge in [-0.2, -0.15) is 15.6 Å². The Bertz CT molecular complexity index is 553. The molecule has 4 rings (SSSR count). The van der Waals surface area contributed by atoms with Crippen molar-refractivity contribution in [1.82, 2.24) is 61.9 Å². The van der Waals surface area contributed by atoms with Gasteiger partial charge in [-0.3, -0.25) is 0 Å². The van der Waals surface area contributed by atoms with Crippen LogP contribution in [0.15, 0.2) is 0 Å². The van der Waals surface area contributed by atoms with Gasteiger partial charge in [-0.05, 0) is 15.6 Å². The molecule has 21 heavy (non-hydrogen) atoms. The van der Waals surface area contributed by atoms with Crippen LogP contribution in [0.25, 0.3) is 0 Å². The summed E-state index contributed by atoms with van der Waals surface area (Å²) in [6.07, 6.45) is 0. The van der Waals surface area contributed by atoms with Gasteiger partial charge < -0.3 is 14.7 Å². The predicted octanol–water partition coefficient (Wildman–Crippen LogP) is -3.07. The fourth-order valence-corrected chi connectivity index (χ4v) is 2.00. The summed E-state index contributed by atoms with van der Waals surface area (Å²) >= 11 is 0. The highest BCUT2D eigenvalue weighted by Gasteiger charge is 2.29. The number of tetrazole rings is 3. The monoisotopic (exact) mass is 291 g/mol. The Morgan fingerprint density at radius 2 is 0.905 bits per heavy atom. The topological polar surface area (TPSA) is 173 Å². The molecule has 4 heterocycles. The quantitative estimate of drug-likeness (QED) is 0.445. The maximum Gasteiger partial charge on any atom is 0.268 e. The zero-order valence-corrected chi connectivity index (χ0v) is 10.5. The van der Waals surface area contributed by atoms with Gasteiger partial charge in [-0.25, -0.2) is 0 Å². The Hall–Kier alpha value is -3.39. The third-order valence-electron chi connectivity index (χ3n) is 2.88. The van der Waals surface area contributed by atoms with E-state index >= 15 is 0 Å². The van der Waals surface area contributed by atoms with Crippen LogP contribution in [0.5, 0.6) is 0 Å². The molecule has 1 aliphatic heterocycles. The first-order valence-electron chi connectivity index (χ1n) is 5.85. The van der Waals surface area contributed by atoms with Crippen molar-refractivity contribution in [2.45, 2.75) is 0 Å². The van der Waals surface area contributed by atoms with Gasteiger partial charge in [0.25, 0.3) is 17.8 Å². The number of H-pyrrole nitrogens is 3. The van der Waals surface area contributed by atoms with Gasteiger partial charge in [0.1, 0.15) is 0 Å². The van der Waals surface area contributed by atoms with Crippen LogP contribution in [0.3, 0.4) is 0 Å². The van der Waals surface area contributed by atoms with Crippen molar-refractivity contribution < 1.29 is 0 Å². The van der Waals surface area contributed by atoms with Crippen LogP contribution in [-0.4, -0.2) is 81.9 Å². The van der Waals surface area contributed by atoms with Crippen LogP contribution < -0.4 is 14.7 Å². The Morgan fingerprint density at radius 3 is 1.14 bits per heavy atom. The third kappa shape index (κ3) is 2.05. The van der Waals surface area contributed by atoms with Crippen molar-refractivity contribution in [3.05, 3.63) is 0 Å².